The van der Waals surface area contributed by atoms with Crippen LogP contribution in [0.4, 0.5) is 4.39 Å². The van der Waals surface area contributed by atoms with Gasteiger partial charge >= 0.3 is 0 Å². The molecule has 0 N–H and O–H groups in total. The van der Waals surface area contributed by atoms with Gasteiger partial charge in [0.2, 0.25) is 0 Å². The van der Waals surface area contributed by atoms with Crippen molar-refractivity contribution >= 4 is 15.2 Å². The summed E-state index contributed by atoms with van der Waals surface area (Å²) in [6.07, 6.45) is -2.52. The first-order valence-electron chi connectivity index (χ1n) is 4.87. The number of rotatable bonds is 4. The molecule has 1 heterocycles. The fourth-order valence-corrected chi connectivity index (χ4v) is 2.46. The number of halogens is 1. The summed E-state index contributed by atoms with van der Waals surface area (Å²) in [6, 6.07) is -0.540. The molecular formula is C8H17BFO4P. The molecule has 4 atom stereocenters. The van der Waals surface area contributed by atoms with Crippen LogP contribution in [-0.4, -0.2) is 59.3 Å². The van der Waals surface area contributed by atoms with E-state index in [0.717, 1.165) is 0 Å². The molecular weight excluding hydrogens is 221 g/mol. The molecule has 0 saturated carbocycles. The number of methoxy groups -OCH3 is 1. The van der Waals surface area contributed by atoms with Crippen molar-refractivity contribution in [2.75, 3.05) is 27.0 Å². The lowest BCUT2D eigenvalue weighted by Crippen LogP contribution is -2.33. The SMILES string of the molecule is B[C@@H]1O[C@H](COC)C(OP(C)(C)=O)[C@@H]1F. The Morgan fingerprint density at radius 1 is 1.53 bits per heavy atom. The van der Waals surface area contributed by atoms with Crippen molar-refractivity contribution in [2.24, 2.45) is 0 Å². The average molecular weight is 238 g/mol. The number of alkyl halides is 1. The van der Waals surface area contributed by atoms with Crippen molar-refractivity contribution < 1.29 is 23.0 Å². The van der Waals surface area contributed by atoms with Crippen LogP contribution in [0.1, 0.15) is 0 Å². The third-order valence-electron chi connectivity index (χ3n) is 2.22. The normalized spacial score (nSPS) is 37.1. The molecule has 1 fully saturated rings. The van der Waals surface area contributed by atoms with Gasteiger partial charge in [0.1, 0.15) is 26.2 Å². The Hall–Kier alpha value is 0.105. The first kappa shape index (κ1) is 13.2. The smallest absolute Gasteiger partial charge is 0.197 e. The Bertz CT molecular complexity index is 259. The molecule has 0 spiro atoms. The Balaban J connectivity index is 2.68. The van der Waals surface area contributed by atoms with E-state index in [1.807, 2.05) is 0 Å². The molecule has 0 radical (unpaired) electrons. The molecule has 0 aromatic heterocycles. The van der Waals surface area contributed by atoms with Crippen LogP contribution < -0.4 is 0 Å². The molecule has 0 aromatic rings. The highest BCUT2D eigenvalue weighted by Crippen LogP contribution is 2.43. The van der Waals surface area contributed by atoms with Crippen LogP contribution in [0, 0.1) is 0 Å². The van der Waals surface area contributed by atoms with E-state index in [0.29, 0.717) is 0 Å². The van der Waals surface area contributed by atoms with Crippen molar-refractivity contribution in [2.45, 2.75) is 24.4 Å². The fourth-order valence-electron chi connectivity index (χ4n) is 1.62. The minimum absolute atomic E-state index is 0.245. The topological polar surface area (TPSA) is 44.8 Å². The van der Waals surface area contributed by atoms with Crippen molar-refractivity contribution in [3.8, 4) is 0 Å². The minimum Gasteiger partial charge on any atom is -0.382 e. The lowest BCUT2D eigenvalue weighted by molar-refractivity contribution is -0.00988. The van der Waals surface area contributed by atoms with Crippen molar-refractivity contribution in [3.63, 3.8) is 0 Å². The van der Waals surface area contributed by atoms with Crippen LogP contribution in [-0.2, 0) is 18.6 Å². The monoisotopic (exact) mass is 238 g/mol. The van der Waals surface area contributed by atoms with Crippen LogP contribution in [0.15, 0.2) is 0 Å². The molecule has 88 valence electrons. The number of ether oxygens (including phenoxy) is 2. The van der Waals surface area contributed by atoms with Gasteiger partial charge in [0, 0.05) is 20.4 Å². The summed E-state index contributed by atoms with van der Waals surface area (Å²) in [5.74, 6) is 0. The first-order chi connectivity index (χ1) is 6.85. The lowest BCUT2D eigenvalue weighted by atomic mass is 9.94. The highest BCUT2D eigenvalue weighted by molar-refractivity contribution is 7.57. The molecule has 7 heteroatoms. The van der Waals surface area contributed by atoms with Gasteiger partial charge in [-0.2, -0.15) is 0 Å². The maximum atomic E-state index is 13.7. The zero-order valence-corrected chi connectivity index (χ0v) is 10.4. The van der Waals surface area contributed by atoms with E-state index >= 15 is 0 Å². The van der Waals surface area contributed by atoms with Crippen LogP contribution in [0.2, 0.25) is 0 Å². The summed E-state index contributed by atoms with van der Waals surface area (Å²) in [5, 5.41) is 0. The van der Waals surface area contributed by atoms with Gasteiger partial charge in [-0.15, -0.1) is 0 Å². The zero-order chi connectivity index (χ0) is 11.6. The highest BCUT2D eigenvalue weighted by Gasteiger charge is 2.45. The molecule has 15 heavy (non-hydrogen) atoms. The Morgan fingerprint density at radius 3 is 2.60 bits per heavy atom. The predicted octanol–water partition coefficient (Wildman–Crippen LogP) is 0.252. The summed E-state index contributed by atoms with van der Waals surface area (Å²) in [6.45, 7) is 3.18. The van der Waals surface area contributed by atoms with Gasteiger partial charge in [-0.05, 0) is 0 Å². The van der Waals surface area contributed by atoms with Gasteiger partial charge in [-0.1, -0.05) is 0 Å². The van der Waals surface area contributed by atoms with Crippen LogP contribution in [0.3, 0.4) is 0 Å². The molecule has 1 aliphatic rings. The maximum Gasteiger partial charge on any atom is 0.197 e. The molecule has 1 rings (SSSR count). The van der Waals surface area contributed by atoms with E-state index in [1.165, 1.54) is 20.4 Å². The molecule has 0 amide bonds. The zero-order valence-electron chi connectivity index (χ0n) is 9.47. The van der Waals surface area contributed by atoms with Gasteiger partial charge < -0.3 is 14.0 Å². The molecule has 0 aliphatic carbocycles. The largest absolute Gasteiger partial charge is 0.382 e. The van der Waals surface area contributed by atoms with Crippen LogP contribution >= 0.6 is 7.37 Å². The molecule has 4 nitrogen and oxygen atoms in total. The third kappa shape index (κ3) is 3.56. The lowest BCUT2D eigenvalue weighted by Gasteiger charge is -2.21. The molecule has 1 unspecified atom stereocenters. The summed E-state index contributed by atoms with van der Waals surface area (Å²) in [7, 11) is 0.425. The molecule has 0 aromatic carbocycles. The molecule has 1 saturated heterocycles. The van der Waals surface area contributed by atoms with Gasteiger partial charge in [0.25, 0.3) is 0 Å². The second-order valence-electron chi connectivity index (χ2n) is 4.10. The first-order valence-corrected chi connectivity index (χ1v) is 7.39. The summed E-state index contributed by atoms with van der Waals surface area (Å²) >= 11 is 0. The van der Waals surface area contributed by atoms with E-state index in [4.69, 9.17) is 14.0 Å². The predicted molar refractivity (Wildman–Crippen MR) is 58.3 cm³/mol. The molecule has 0 bridgehead atoms. The van der Waals surface area contributed by atoms with E-state index < -0.39 is 31.8 Å². The Labute approximate surface area is 90.3 Å². The van der Waals surface area contributed by atoms with Crippen LogP contribution in [0.25, 0.3) is 0 Å². The second-order valence-corrected chi connectivity index (χ2v) is 6.82. The Kier molecular flexibility index (Phi) is 4.35. The summed E-state index contributed by atoms with van der Waals surface area (Å²) in [4.78, 5) is 0. The third-order valence-corrected chi connectivity index (χ3v) is 2.98. The van der Waals surface area contributed by atoms with Crippen LogP contribution in [0.5, 0.6) is 0 Å². The maximum absolute atomic E-state index is 13.7. The van der Waals surface area contributed by atoms with Gasteiger partial charge in [-0.3, -0.25) is 4.57 Å². The summed E-state index contributed by atoms with van der Waals surface area (Å²) in [5.41, 5.74) is 0. The molecule has 1 aliphatic heterocycles. The number of hydrogen-bond donors (Lipinski definition) is 0. The van der Waals surface area contributed by atoms with Gasteiger partial charge in [0.05, 0.1) is 12.6 Å². The summed E-state index contributed by atoms with van der Waals surface area (Å²) < 4.78 is 40.6. The van der Waals surface area contributed by atoms with E-state index in [2.05, 4.69) is 0 Å². The Morgan fingerprint density at radius 2 is 2.13 bits per heavy atom. The fraction of sp³-hybridized carbons (Fsp3) is 1.00. The average Bonchev–Trinajstić information content (AvgIpc) is 2.32. The van der Waals surface area contributed by atoms with Crippen molar-refractivity contribution in [3.05, 3.63) is 0 Å². The van der Waals surface area contributed by atoms with E-state index in [-0.39, 0.29) is 6.61 Å². The van der Waals surface area contributed by atoms with Gasteiger partial charge in [-0.25, -0.2) is 4.39 Å². The van der Waals surface area contributed by atoms with E-state index in [1.54, 1.807) is 7.85 Å². The van der Waals surface area contributed by atoms with Crippen molar-refractivity contribution in [1.29, 1.82) is 0 Å². The van der Waals surface area contributed by atoms with E-state index in [9.17, 15) is 8.96 Å². The quantitative estimate of drug-likeness (QED) is 0.520. The van der Waals surface area contributed by atoms with Gasteiger partial charge in [0.15, 0.2) is 7.37 Å². The highest BCUT2D eigenvalue weighted by atomic mass is 31.2. The van der Waals surface area contributed by atoms with Crippen molar-refractivity contribution in [1.82, 2.24) is 0 Å². The minimum atomic E-state index is -2.72. The standard InChI is InChI=1S/C8H17BFO4P/c1-12-4-5-7(14-15(2,3)11)6(10)8(9)13-5/h5-8H,4,9H2,1-3H3/t5-,6+,7?,8-/m1/s1. The number of hydrogen-bond acceptors (Lipinski definition) is 4. The second kappa shape index (κ2) is 4.96.